The largest absolute Gasteiger partial charge is 0.493 e. The quantitative estimate of drug-likeness (QED) is 0.269. The molecule has 10 heteroatoms. The van der Waals surface area contributed by atoms with Crippen molar-refractivity contribution in [3.63, 3.8) is 0 Å². The van der Waals surface area contributed by atoms with Crippen LogP contribution in [0.5, 0.6) is 17.2 Å². The Morgan fingerprint density at radius 2 is 1.92 bits per heavy atom. The molecule has 1 aliphatic heterocycles. The van der Waals surface area contributed by atoms with Crippen molar-refractivity contribution in [3.8, 4) is 17.2 Å². The van der Waals surface area contributed by atoms with E-state index in [4.69, 9.17) is 18.9 Å². The highest BCUT2D eigenvalue weighted by atomic mass is 127. The minimum Gasteiger partial charge on any atom is -0.493 e. The first-order chi connectivity index (χ1) is 18.2. The summed E-state index contributed by atoms with van der Waals surface area (Å²) in [5, 5.41) is 0. The number of ether oxygens (including phenoxy) is 4. The third kappa shape index (κ3) is 5.37. The van der Waals surface area contributed by atoms with E-state index in [0.29, 0.717) is 49.0 Å². The van der Waals surface area contributed by atoms with Gasteiger partial charge in [-0.05, 0) is 74.6 Å². The first-order valence-corrected chi connectivity index (χ1v) is 14.0. The number of allylic oxidation sites excluding steroid dienone is 1. The van der Waals surface area contributed by atoms with Gasteiger partial charge in [0.1, 0.15) is 11.8 Å². The van der Waals surface area contributed by atoms with E-state index in [1.165, 1.54) is 11.3 Å². The summed E-state index contributed by atoms with van der Waals surface area (Å²) in [6.45, 7) is 7.56. The Balaban J connectivity index is 2.01. The SMILES string of the molecule is CCOC(=O)C1=C(C)N=c2s/c(=C\c3cc(I)cc(OC)c3OC)c(=O)n2[C@@H]1c1ccccc1OC(C)C. The Labute approximate surface area is 238 Å². The third-order valence-corrected chi connectivity index (χ3v) is 7.46. The van der Waals surface area contributed by atoms with Crippen LogP contribution in [0.2, 0.25) is 0 Å². The highest BCUT2D eigenvalue weighted by Gasteiger charge is 2.35. The van der Waals surface area contributed by atoms with E-state index in [2.05, 4.69) is 27.6 Å². The van der Waals surface area contributed by atoms with Crippen molar-refractivity contribution in [1.82, 2.24) is 4.57 Å². The molecule has 1 aromatic heterocycles. The Hall–Kier alpha value is -3.12. The fraction of sp³-hybridized carbons (Fsp3) is 0.321. The van der Waals surface area contributed by atoms with E-state index in [0.717, 1.165) is 3.57 Å². The van der Waals surface area contributed by atoms with Gasteiger partial charge in [-0.2, -0.15) is 0 Å². The molecule has 0 saturated carbocycles. The van der Waals surface area contributed by atoms with Crippen LogP contribution < -0.4 is 29.1 Å². The molecule has 1 atom stereocenters. The second-order valence-electron chi connectivity index (χ2n) is 8.74. The van der Waals surface area contributed by atoms with Crippen molar-refractivity contribution < 1.29 is 23.7 Å². The van der Waals surface area contributed by atoms with Gasteiger partial charge in [0.15, 0.2) is 16.3 Å². The molecular weight excluding hydrogens is 619 g/mol. The lowest BCUT2D eigenvalue weighted by atomic mass is 9.95. The molecule has 3 aromatic rings. The molecule has 38 heavy (non-hydrogen) atoms. The van der Waals surface area contributed by atoms with Crippen LogP contribution >= 0.6 is 33.9 Å². The zero-order valence-corrected chi connectivity index (χ0v) is 25.0. The number of carbonyl (C=O) groups is 1. The fourth-order valence-electron chi connectivity index (χ4n) is 4.36. The van der Waals surface area contributed by atoms with Gasteiger partial charge in [-0.1, -0.05) is 29.5 Å². The average Bonchev–Trinajstić information content (AvgIpc) is 3.17. The van der Waals surface area contributed by atoms with Crippen molar-refractivity contribution in [2.45, 2.75) is 39.8 Å². The van der Waals surface area contributed by atoms with E-state index in [-0.39, 0.29) is 18.3 Å². The molecule has 200 valence electrons. The first-order valence-electron chi connectivity index (χ1n) is 12.1. The molecule has 0 spiro atoms. The molecule has 0 aliphatic carbocycles. The predicted octanol–water partition coefficient (Wildman–Crippen LogP) is 4.21. The van der Waals surface area contributed by atoms with Crippen LogP contribution in [0.3, 0.4) is 0 Å². The van der Waals surface area contributed by atoms with Crippen LogP contribution in [0.15, 0.2) is 57.5 Å². The summed E-state index contributed by atoms with van der Waals surface area (Å²) in [6, 6.07) is 10.4. The molecule has 2 aromatic carbocycles. The monoisotopic (exact) mass is 648 g/mol. The standard InChI is InChI=1S/C28H29IN2O6S/c1-7-36-27(33)23-16(4)30-28-31(24(23)19-10-8-9-11-20(19)37-15(2)3)26(32)22(38-28)13-17-12-18(29)14-21(34-5)25(17)35-6/h8-15,24H,7H2,1-6H3/b22-13-/t24-/m1/s1. The van der Waals surface area contributed by atoms with Crippen LogP contribution in [0, 0.1) is 3.57 Å². The fourth-order valence-corrected chi connectivity index (χ4v) is 6.02. The number of thiazole rings is 1. The van der Waals surface area contributed by atoms with E-state index in [1.807, 2.05) is 50.2 Å². The molecule has 0 amide bonds. The van der Waals surface area contributed by atoms with Crippen LogP contribution in [-0.4, -0.2) is 37.5 Å². The number of hydrogen-bond acceptors (Lipinski definition) is 8. The predicted molar refractivity (Wildman–Crippen MR) is 155 cm³/mol. The normalized spacial score (nSPS) is 15.3. The maximum atomic E-state index is 14.0. The summed E-state index contributed by atoms with van der Waals surface area (Å²) in [6.07, 6.45) is 1.66. The highest BCUT2D eigenvalue weighted by molar-refractivity contribution is 14.1. The summed E-state index contributed by atoms with van der Waals surface area (Å²) >= 11 is 3.44. The van der Waals surface area contributed by atoms with E-state index < -0.39 is 12.0 Å². The Kier molecular flexibility index (Phi) is 8.61. The maximum Gasteiger partial charge on any atom is 0.338 e. The minimum atomic E-state index is -0.769. The zero-order chi connectivity index (χ0) is 27.6. The Morgan fingerprint density at radius 1 is 1.18 bits per heavy atom. The van der Waals surface area contributed by atoms with Gasteiger partial charge in [-0.15, -0.1) is 0 Å². The summed E-state index contributed by atoms with van der Waals surface area (Å²) in [5.41, 5.74) is 1.89. The van der Waals surface area contributed by atoms with Crippen LogP contribution in [0.1, 0.15) is 44.9 Å². The number of esters is 1. The van der Waals surface area contributed by atoms with Crippen molar-refractivity contribution in [2.24, 2.45) is 4.99 Å². The van der Waals surface area contributed by atoms with Gasteiger partial charge in [0, 0.05) is 14.7 Å². The molecule has 0 fully saturated rings. The smallest absolute Gasteiger partial charge is 0.338 e. The van der Waals surface area contributed by atoms with Gasteiger partial charge < -0.3 is 18.9 Å². The number of carbonyl (C=O) groups excluding carboxylic acids is 1. The van der Waals surface area contributed by atoms with E-state index in [1.54, 1.807) is 38.7 Å². The third-order valence-electron chi connectivity index (χ3n) is 5.85. The molecule has 8 nitrogen and oxygen atoms in total. The first kappa shape index (κ1) is 27.9. The number of fused-ring (bicyclic) bond motifs is 1. The molecule has 2 heterocycles. The Bertz CT molecular complexity index is 1590. The van der Waals surface area contributed by atoms with Crippen LogP contribution in [-0.2, 0) is 9.53 Å². The molecule has 0 unspecified atom stereocenters. The van der Waals surface area contributed by atoms with Gasteiger partial charge >= 0.3 is 5.97 Å². The second-order valence-corrected chi connectivity index (χ2v) is 11.0. The zero-order valence-electron chi connectivity index (χ0n) is 22.0. The van der Waals surface area contributed by atoms with Gasteiger partial charge in [-0.3, -0.25) is 9.36 Å². The van der Waals surface area contributed by atoms with Crippen LogP contribution in [0.25, 0.3) is 6.08 Å². The molecular formula is C28H29IN2O6S. The lowest BCUT2D eigenvalue weighted by Gasteiger charge is -2.26. The summed E-state index contributed by atoms with van der Waals surface area (Å²) < 4.78 is 25.5. The molecule has 0 N–H and O–H groups in total. The number of hydrogen-bond donors (Lipinski definition) is 0. The number of nitrogens with zero attached hydrogens (tertiary/aromatic N) is 2. The molecule has 0 radical (unpaired) electrons. The summed E-state index contributed by atoms with van der Waals surface area (Å²) in [4.78, 5) is 32.3. The second kappa shape index (κ2) is 11.7. The minimum absolute atomic E-state index is 0.105. The topological polar surface area (TPSA) is 88.4 Å². The van der Waals surface area contributed by atoms with Gasteiger partial charge in [0.05, 0.1) is 42.7 Å². The number of rotatable bonds is 8. The molecule has 1 aliphatic rings. The Morgan fingerprint density at radius 3 is 2.58 bits per heavy atom. The lowest BCUT2D eigenvalue weighted by molar-refractivity contribution is -0.139. The average molecular weight is 649 g/mol. The van der Waals surface area contributed by atoms with Gasteiger partial charge in [0.25, 0.3) is 5.56 Å². The number of halogens is 1. The highest BCUT2D eigenvalue weighted by Crippen LogP contribution is 2.37. The van der Waals surface area contributed by atoms with Crippen molar-refractivity contribution >= 4 is 46.0 Å². The van der Waals surface area contributed by atoms with Crippen molar-refractivity contribution in [3.05, 3.63) is 82.1 Å². The van der Waals surface area contributed by atoms with Crippen molar-refractivity contribution in [1.29, 1.82) is 0 Å². The molecule has 0 saturated heterocycles. The van der Waals surface area contributed by atoms with Gasteiger partial charge in [-0.25, -0.2) is 9.79 Å². The number of benzene rings is 2. The number of aromatic nitrogens is 1. The maximum absolute atomic E-state index is 14.0. The molecule has 4 rings (SSSR count). The summed E-state index contributed by atoms with van der Waals surface area (Å²) in [5.74, 6) is 1.16. The summed E-state index contributed by atoms with van der Waals surface area (Å²) in [7, 11) is 3.13. The molecule has 0 bridgehead atoms. The van der Waals surface area contributed by atoms with E-state index in [9.17, 15) is 9.59 Å². The van der Waals surface area contributed by atoms with E-state index >= 15 is 0 Å². The lowest BCUT2D eigenvalue weighted by Crippen LogP contribution is -2.40. The van der Waals surface area contributed by atoms with Crippen molar-refractivity contribution in [2.75, 3.05) is 20.8 Å². The number of para-hydroxylation sites is 1. The number of methoxy groups -OCH3 is 2. The van der Waals surface area contributed by atoms with Crippen LogP contribution in [0.4, 0.5) is 0 Å². The van der Waals surface area contributed by atoms with Gasteiger partial charge in [0.2, 0.25) is 0 Å².